The van der Waals surface area contributed by atoms with Crippen molar-refractivity contribution < 1.29 is 14.6 Å². The summed E-state index contributed by atoms with van der Waals surface area (Å²) in [5.74, 6) is -0.402. The predicted octanol–water partition coefficient (Wildman–Crippen LogP) is 1.36. The van der Waals surface area contributed by atoms with Crippen LogP contribution in [0, 0.1) is 0 Å². The molecule has 0 spiro atoms. The molecular weight excluding hydrogens is 192 g/mol. The summed E-state index contributed by atoms with van der Waals surface area (Å²) in [6.07, 6.45) is 5.48. The second-order valence-corrected chi connectivity index (χ2v) is 3.46. The molecule has 1 rings (SSSR count). The van der Waals surface area contributed by atoms with Gasteiger partial charge in [0.15, 0.2) is 5.06 Å². The van der Waals surface area contributed by atoms with Crippen molar-refractivity contribution in [3.63, 3.8) is 0 Å². The molecule has 0 aromatic carbocycles. The molecule has 0 saturated carbocycles. The first-order valence-corrected chi connectivity index (χ1v) is 4.28. The summed E-state index contributed by atoms with van der Waals surface area (Å²) in [6, 6.07) is 0. The molecule has 1 atom stereocenters. The molecule has 0 aliphatic heterocycles. The molecule has 0 heterocycles. The lowest BCUT2D eigenvalue weighted by atomic mass is 9.98. The molecule has 0 aromatic heterocycles. The molecule has 72 valence electrons. The van der Waals surface area contributed by atoms with Crippen molar-refractivity contribution >= 4 is 17.6 Å². The van der Waals surface area contributed by atoms with Crippen LogP contribution in [0.5, 0.6) is 0 Å². The van der Waals surface area contributed by atoms with Gasteiger partial charge in [-0.2, -0.15) is 0 Å². The zero-order valence-corrected chi connectivity index (χ0v) is 8.04. The quantitative estimate of drug-likeness (QED) is 0.543. The number of hydrogen-bond acceptors (Lipinski definition) is 3. The molecule has 1 aliphatic rings. The van der Waals surface area contributed by atoms with E-state index in [1.807, 2.05) is 0 Å². The maximum atomic E-state index is 10.9. The Labute approximate surface area is 81.6 Å². The van der Waals surface area contributed by atoms with E-state index in [-0.39, 0.29) is 6.42 Å². The summed E-state index contributed by atoms with van der Waals surface area (Å²) in [5, 5.41) is 8.19. The molecule has 0 fully saturated rings. The molecule has 1 aliphatic carbocycles. The number of allylic oxidation sites excluding steroid dienone is 2. The van der Waals surface area contributed by atoms with E-state index in [1.165, 1.54) is 7.11 Å². The molecule has 4 heteroatoms. The number of carbonyl (C=O) groups excluding carboxylic acids is 1. The lowest BCUT2D eigenvalue weighted by molar-refractivity contribution is -0.140. The average Bonchev–Trinajstić information content (AvgIpc) is 2.08. The van der Waals surface area contributed by atoms with E-state index in [0.29, 0.717) is 12.0 Å². The SMILES string of the molecule is COC(=O)CC1=CC=CC[C@@]1(O)Cl. The average molecular weight is 203 g/mol. The molecule has 0 amide bonds. The fraction of sp³-hybridized carbons (Fsp3) is 0.444. The highest BCUT2D eigenvalue weighted by atomic mass is 35.5. The van der Waals surface area contributed by atoms with Crippen molar-refractivity contribution in [1.29, 1.82) is 0 Å². The summed E-state index contributed by atoms with van der Waals surface area (Å²) in [7, 11) is 1.30. The third-order valence-electron chi connectivity index (χ3n) is 1.88. The lowest BCUT2D eigenvalue weighted by Crippen LogP contribution is -2.26. The van der Waals surface area contributed by atoms with Crippen LogP contribution in [0.25, 0.3) is 0 Å². The van der Waals surface area contributed by atoms with Gasteiger partial charge in [-0.3, -0.25) is 4.79 Å². The van der Waals surface area contributed by atoms with Gasteiger partial charge in [-0.15, -0.1) is 0 Å². The lowest BCUT2D eigenvalue weighted by Gasteiger charge is -2.24. The summed E-state index contributed by atoms with van der Waals surface area (Å²) in [4.78, 5) is 10.9. The Morgan fingerprint density at radius 3 is 3.08 bits per heavy atom. The molecule has 13 heavy (non-hydrogen) atoms. The minimum atomic E-state index is -1.43. The number of halogens is 1. The summed E-state index contributed by atoms with van der Waals surface area (Å²) >= 11 is 5.77. The van der Waals surface area contributed by atoms with Gasteiger partial charge in [-0.1, -0.05) is 29.8 Å². The van der Waals surface area contributed by atoms with Crippen LogP contribution in [0.4, 0.5) is 0 Å². The van der Waals surface area contributed by atoms with E-state index >= 15 is 0 Å². The summed E-state index contributed by atoms with van der Waals surface area (Å²) < 4.78 is 4.47. The maximum Gasteiger partial charge on any atom is 0.309 e. The summed E-state index contributed by atoms with van der Waals surface area (Å²) in [6.45, 7) is 0. The largest absolute Gasteiger partial charge is 0.469 e. The zero-order valence-electron chi connectivity index (χ0n) is 7.29. The number of carbonyl (C=O) groups is 1. The van der Waals surface area contributed by atoms with Gasteiger partial charge >= 0.3 is 5.97 Å². The van der Waals surface area contributed by atoms with Gasteiger partial charge in [-0.25, -0.2) is 0 Å². The number of methoxy groups -OCH3 is 1. The maximum absolute atomic E-state index is 10.9. The van der Waals surface area contributed by atoms with Gasteiger partial charge in [0, 0.05) is 6.42 Å². The highest BCUT2D eigenvalue weighted by molar-refractivity contribution is 6.25. The van der Waals surface area contributed by atoms with Gasteiger partial charge in [-0.05, 0) is 5.57 Å². The van der Waals surface area contributed by atoms with E-state index in [1.54, 1.807) is 18.2 Å². The Balaban J connectivity index is 2.71. The number of aliphatic hydroxyl groups is 1. The fourth-order valence-corrected chi connectivity index (χ4v) is 1.31. The Kier molecular flexibility index (Phi) is 3.12. The number of alkyl halides is 1. The predicted molar refractivity (Wildman–Crippen MR) is 49.3 cm³/mol. The normalized spacial score (nSPS) is 26.8. The molecule has 3 nitrogen and oxygen atoms in total. The molecule has 0 aromatic rings. The second-order valence-electron chi connectivity index (χ2n) is 2.84. The monoisotopic (exact) mass is 202 g/mol. The molecule has 1 N–H and O–H groups in total. The second kappa shape index (κ2) is 3.94. The van der Waals surface area contributed by atoms with E-state index in [2.05, 4.69) is 4.74 Å². The summed E-state index contributed by atoms with van der Waals surface area (Å²) in [5.41, 5.74) is 0.475. The van der Waals surface area contributed by atoms with Crippen LogP contribution in [0.2, 0.25) is 0 Å². The fourth-order valence-electron chi connectivity index (χ4n) is 1.09. The van der Waals surface area contributed by atoms with Gasteiger partial charge in [0.1, 0.15) is 0 Å². The highest BCUT2D eigenvalue weighted by Gasteiger charge is 2.30. The van der Waals surface area contributed by atoms with Crippen molar-refractivity contribution in [2.24, 2.45) is 0 Å². The van der Waals surface area contributed by atoms with Crippen molar-refractivity contribution in [3.8, 4) is 0 Å². The van der Waals surface area contributed by atoms with Gasteiger partial charge in [0.05, 0.1) is 13.5 Å². The molecule has 0 unspecified atom stereocenters. The van der Waals surface area contributed by atoms with E-state index in [0.717, 1.165) is 0 Å². The number of ether oxygens (including phenoxy) is 1. The van der Waals surface area contributed by atoms with Crippen LogP contribution < -0.4 is 0 Å². The standard InChI is InChI=1S/C9H11ClO3/c1-13-8(11)6-7-4-2-3-5-9(7,10)12/h2-4,12H,5-6H2,1H3/t9-/m0/s1. The number of esters is 1. The topological polar surface area (TPSA) is 46.5 Å². The number of hydrogen-bond donors (Lipinski definition) is 1. The molecule has 0 radical (unpaired) electrons. The third-order valence-corrected chi connectivity index (χ3v) is 2.27. The minimum Gasteiger partial charge on any atom is -0.469 e. The van der Waals surface area contributed by atoms with Crippen LogP contribution in [0.1, 0.15) is 12.8 Å². The minimum absolute atomic E-state index is 0.0286. The Morgan fingerprint density at radius 2 is 2.54 bits per heavy atom. The zero-order chi connectivity index (χ0) is 9.90. The van der Waals surface area contributed by atoms with Gasteiger partial charge in [0.25, 0.3) is 0 Å². The van der Waals surface area contributed by atoms with E-state index < -0.39 is 11.0 Å². The van der Waals surface area contributed by atoms with Crippen LogP contribution in [-0.4, -0.2) is 23.2 Å². The van der Waals surface area contributed by atoms with E-state index in [4.69, 9.17) is 11.6 Å². The van der Waals surface area contributed by atoms with Crippen LogP contribution >= 0.6 is 11.6 Å². The van der Waals surface area contributed by atoms with Crippen LogP contribution in [0.15, 0.2) is 23.8 Å². The Hall–Kier alpha value is -0.800. The molecule has 0 saturated heterocycles. The van der Waals surface area contributed by atoms with Gasteiger partial charge in [0.2, 0.25) is 0 Å². The van der Waals surface area contributed by atoms with Crippen LogP contribution in [-0.2, 0) is 9.53 Å². The third kappa shape index (κ3) is 2.57. The van der Waals surface area contributed by atoms with Crippen molar-refractivity contribution in [2.45, 2.75) is 17.9 Å². The van der Waals surface area contributed by atoms with Crippen LogP contribution in [0.3, 0.4) is 0 Å². The first-order chi connectivity index (χ1) is 6.06. The van der Waals surface area contributed by atoms with E-state index in [9.17, 15) is 9.90 Å². The highest BCUT2D eigenvalue weighted by Crippen LogP contribution is 2.31. The van der Waals surface area contributed by atoms with Gasteiger partial charge < -0.3 is 9.84 Å². The van der Waals surface area contributed by atoms with Crippen molar-refractivity contribution in [3.05, 3.63) is 23.8 Å². The number of rotatable bonds is 2. The Morgan fingerprint density at radius 1 is 1.85 bits per heavy atom. The Bertz CT molecular complexity index is 266. The smallest absolute Gasteiger partial charge is 0.309 e. The first-order valence-electron chi connectivity index (χ1n) is 3.90. The van der Waals surface area contributed by atoms with Crippen molar-refractivity contribution in [2.75, 3.05) is 7.11 Å². The molecule has 0 bridgehead atoms. The van der Waals surface area contributed by atoms with Crippen molar-refractivity contribution in [1.82, 2.24) is 0 Å². The molecular formula is C9H11ClO3. The first kappa shape index (κ1) is 10.3.